The number of rotatable bonds is 7. The van der Waals surface area contributed by atoms with Crippen LogP contribution in [0.3, 0.4) is 0 Å². The molecule has 1 heterocycles. The summed E-state index contributed by atoms with van der Waals surface area (Å²) < 4.78 is 38.6. The van der Waals surface area contributed by atoms with E-state index < -0.39 is 16.0 Å². The highest BCUT2D eigenvalue weighted by molar-refractivity contribution is 7.94. The van der Waals surface area contributed by atoms with Crippen molar-refractivity contribution in [3.05, 3.63) is 60.2 Å². The van der Waals surface area contributed by atoms with E-state index in [4.69, 9.17) is 14.6 Å². The zero-order valence-corrected chi connectivity index (χ0v) is 16.6. The molecule has 2 N–H and O–H groups in total. The van der Waals surface area contributed by atoms with E-state index in [9.17, 15) is 13.2 Å². The van der Waals surface area contributed by atoms with Gasteiger partial charge in [-0.3, -0.25) is 4.72 Å². The number of carbonyl (C=O) groups is 1. The van der Waals surface area contributed by atoms with Crippen molar-refractivity contribution in [2.24, 2.45) is 0 Å². The van der Waals surface area contributed by atoms with Gasteiger partial charge in [0.1, 0.15) is 15.7 Å². The molecular formula is C19H17NO6S2. The average molecular weight is 419 g/mol. The number of hydrogen-bond donors (Lipinski definition) is 2. The molecule has 0 aliphatic carbocycles. The molecule has 0 atom stereocenters. The van der Waals surface area contributed by atoms with E-state index in [0.717, 1.165) is 21.8 Å². The predicted molar refractivity (Wildman–Crippen MR) is 107 cm³/mol. The molecule has 0 unspecified atom stereocenters. The highest BCUT2D eigenvalue weighted by atomic mass is 32.2. The van der Waals surface area contributed by atoms with Crippen molar-refractivity contribution in [2.45, 2.75) is 4.21 Å². The summed E-state index contributed by atoms with van der Waals surface area (Å²) >= 11 is 1.10. The predicted octanol–water partition coefficient (Wildman–Crippen LogP) is 3.93. The Morgan fingerprint density at radius 2 is 1.71 bits per heavy atom. The summed E-state index contributed by atoms with van der Waals surface area (Å²) in [5.41, 5.74) is 0.939. The zero-order valence-electron chi connectivity index (χ0n) is 15.0. The minimum absolute atomic E-state index is 0.00520. The first kappa shape index (κ1) is 19.7. The average Bonchev–Trinajstić information content (AvgIpc) is 3.19. The number of benzene rings is 2. The third-order valence-electron chi connectivity index (χ3n) is 3.91. The molecule has 0 spiro atoms. The number of hydrogen-bond acceptors (Lipinski definition) is 6. The number of thiophene rings is 1. The molecule has 3 aromatic rings. The van der Waals surface area contributed by atoms with Crippen molar-refractivity contribution >= 4 is 33.0 Å². The summed E-state index contributed by atoms with van der Waals surface area (Å²) in [6.45, 7) is 0. The van der Waals surface area contributed by atoms with Gasteiger partial charge in [0, 0.05) is 10.4 Å². The normalized spacial score (nSPS) is 11.1. The van der Waals surface area contributed by atoms with Crippen LogP contribution in [-0.2, 0) is 10.0 Å². The SMILES string of the molecule is COc1cc(C(=O)O)ccc1NS(=O)(=O)c1ccc(-c2ccccc2OC)s1. The number of para-hydroxylation sites is 1. The van der Waals surface area contributed by atoms with Gasteiger partial charge in [0.25, 0.3) is 10.0 Å². The minimum atomic E-state index is -3.89. The second-order valence-electron chi connectivity index (χ2n) is 5.64. The molecule has 0 amide bonds. The van der Waals surface area contributed by atoms with E-state index in [1.54, 1.807) is 19.2 Å². The van der Waals surface area contributed by atoms with Crippen LogP contribution < -0.4 is 14.2 Å². The van der Waals surface area contributed by atoms with Crippen molar-refractivity contribution in [1.82, 2.24) is 0 Å². The molecule has 1 aromatic heterocycles. The summed E-state index contributed by atoms with van der Waals surface area (Å²) in [6, 6.07) is 14.5. The maximum absolute atomic E-state index is 12.8. The van der Waals surface area contributed by atoms with E-state index in [-0.39, 0.29) is 21.2 Å². The maximum Gasteiger partial charge on any atom is 0.335 e. The summed E-state index contributed by atoms with van der Waals surface area (Å²) in [5, 5.41) is 9.06. The van der Waals surface area contributed by atoms with Crippen molar-refractivity contribution < 1.29 is 27.8 Å². The van der Waals surface area contributed by atoms with Gasteiger partial charge in [-0.15, -0.1) is 11.3 Å². The van der Waals surface area contributed by atoms with Gasteiger partial charge in [-0.2, -0.15) is 0 Å². The van der Waals surface area contributed by atoms with E-state index in [0.29, 0.717) is 5.75 Å². The van der Waals surface area contributed by atoms with Gasteiger partial charge in [-0.1, -0.05) is 12.1 Å². The third kappa shape index (κ3) is 3.95. The Morgan fingerprint density at radius 1 is 1.00 bits per heavy atom. The molecule has 0 aliphatic rings. The van der Waals surface area contributed by atoms with E-state index in [1.807, 2.05) is 18.2 Å². The van der Waals surface area contributed by atoms with E-state index in [2.05, 4.69) is 4.72 Å². The molecular weight excluding hydrogens is 402 g/mol. The van der Waals surface area contributed by atoms with E-state index >= 15 is 0 Å². The van der Waals surface area contributed by atoms with Gasteiger partial charge in [0.15, 0.2) is 0 Å². The lowest BCUT2D eigenvalue weighted by molar-refractivity contribution is 0.0696. The standard InChI is InChI=1S/C19H17NO6S2/c1-25-15-6-4-3-5-13(15)17-9-10-18(27-17)28(23,24)20-14-8-7-12(19(21)22)11-16(14)26-2/h3-11,20H,1-2H3,(H,21,22). The van der Waals surface area contributed by atoms with Crippen LogP contribution in [0.1, 0.15) is 10.4 Å². The molecule has 9 heteroatoms. The second kappa shape index (κ2) is 7.91. The van der Waals surface area contributed by atoms with Crippen LogP contribution in [0.15, 0.2) is 58.8 Å². The van der Waals surface area contributed by atoms with Gasteiger partial charge < -0.3 is 14.6 Å². The number of anilines is 1. The summed E-state index contributed by atoms with van der Waals surface area (Å²) in [4.78, 5) is 11.8. The minimum Gasteiger partial charge on any atom is -0.496 e. The molecule has 0 saturated heterocycles. The number of nitrogens with one attached hydrogen (secondary N) is 1. The number of aromatic carboxylic acids is 1. The first-order chi connectivity index (χ1) is 13.4. The Labute approximate surface area is 166 Å². The van der Waals surface area contributed by atoms with Crippen LogP contribution in [0.25, 0.3) is 10.4 Å². The fraction of sp³-hybridized carbons (Fsp3) is 0.105. The van der Waals surface area contributed by atoms with Crippen molar-refractivity contribution in [3.8, 4) is 21.9 Å². The van der Waals surface area contributed by atoms with Gasteiger partial charge in [-0.25, -0.2) is 13.2 Å². The lowest BCUT2D eigenvalue weighted by atomic mass is 10.2. The fourth-order valence-electron chi connectivity index (χ4n) is 2.56. The zero-order chi connectivity index (χ0) is 20.3. The quantitative estimate of drug-likeness (QED) is 0.602. The molecule has 28 heavy (non-hydrogen) atoms. The Hall–Kier alpha value is -3.04. The third-order valence-corrected chi connectivity index (χ3v) is 6.89. The largest absolute Gasteiger partial charge is 0.496 e. The molecule has 0 bridgehead atoms. The number of sulfonamides is 1. The monoisotopic (exact) mass is 419 g/mol. The topological polar surface area (TPSA) is 102 Å². The Balaban J connectivity index is 1.93. The molecule has 146 valence electrons. The molecule has 7 nitrogen and oxygen atoms in total. The maximum atomic E-state index is 12.8. The van der Waals surface area contributed by atoms with Crippen LogP contribution in [0, 0.1) is 0 Å². The van der Waals surface area contributed by atoms with Gasteiger partial charge in [0.05, 0.1) is 25.5 Å². The molecule has 0 radical (unpaired) electrons. The number of carboxylic acid groups (broad SMARTS) is 1. The Bertz CT molecular complexity index is 1120. The Kier molecular flexibility index (Phi) is 5.57. The van der Waals surface area contributed by atoms with Gasteiger partial charge in [-0.05, 0) is 42.5 Å². The highest BCUT2D eigenvalue weighted by Crippen LogP contribution is 2.37. The first-order valence-corrected chi connectivity index (χ1v) is 10.3. The highest BCUT2D eigenvalue weighted by Gasteiger charge is 2.21. The van der Waals surface area contributed by atoms with Gasteiger partial charge in [0.2, 0.25) is 0 Å². The molecule has 2 aromatic carbocycles. The summed E-state index contributed by atoms with van der Waals surface area (Å²) in [6.07, 6.45) is 0. The van der Waals surface area contributed by atoms with Crippen LogP contribution in [-0.4, -0.2) is 33.7 Å². The molecule has 0 aliphatic heterocycles. The van der Waals surface area contributed by atoms with Crippen molar-refractivity contribution in [1.29, 1.82) is 0 Å². The smallest absolute Gasteiger partial charge is 0.335 e. The summed E-state index contributed by atoms with van der Waals surface area (Å²) in [7, 11) is -0.994. The number of carboxylic acids is 1. The molecule has 0 fully saturated rings. The van der Waals surface area contributed by atoms with Crippen molar-refractivity contribution in [3.63, 3.8) is 0 Å². The molecule has 0 saturated carbocycles. The number of ether oxygens (including phenoxy) is 2. The Morgan fingerprint density at radius 3 is 2.39 bits per heavy atom. The van der Waals surface area contributed by atoms with E-state index in [1.165, 1.54) is 31.4 Å². The van der Waals surface area contributed by atoms with Crippen LogP contribution in [0.4, 0.5) is 5.69 Å². The first-order valence-electron chi connectivity index (χ1n) is 8.03. The van der Waals surface area contributed by atoms with Gasteiger partial charge >= 0.3 is 5.97 Å². The van der Waals surface area contributed by atoms with Crippen LogP contribution in [0.5, 0.6) is 11.5 Å². The second-order valence-corrected chi connectivity index (χ2v) is 8.64. The lowest BCUT2D eigenvalue weighted by Crippen LogP contribution is -2.12. The fourth-order valence-corrected chi connectivity index (χ4v) is 4.97. The lowest BCUT2D eigenvalue weighted by Gasteiger charge is -2.11. The van der Waals surface area contributed by atoms with Crippen molar-refractivity contribution in [2.75, 3.05) is 18.9 Å². The molecule has 3 rings (SSSR count). The van der Waals surface area contributed by atoms with Crippen LogP contribution >= 0.6 is 11.3 Å². The summed E-state index contributed by atoms with van der Waals surface area (Å²) in [5.74, 6) is -0.371. The number of methoxy groups -OCH3 is 2. The van der Waals surface area contributed by atoms with Crippen LogP contribution in [0.2, 0.25) is 0 Å².